The van der Waals surface area contributed by atoms with Gasteiger partial charge in [-0.25, -0.2) is 4.79 Å². The molecular formula is C12H17NO2. The highest BCUT2D eigenvalue weighted by Crippen LogP contribution is 2.23. The van der Waals surface area contributed by atoms with Crippen molar-refractivity contribution in [2.45, 2.75) is 26.7 Å². The molecule has 1 rings (SSSR count). The lowest BCUT2D eigenvalue weighted by Gasteiger charge is -2.15. The largest absolute Gasteiger partial charge is 0.465 e. The topological polar surface area (TPSA) is 39.2 Å². The van der Waals surface area contributed by atoms with E-state index in [0.717, 1.165) is 5.56 Å². The minimum Gasteiger partial charge on any atom is -0.465 e. The summed E-state index contributed by atoms with van der Waals surface area (Å²) in [6, 6.07) is 1.85. The number of hydrogen-bond donors (Lipinski definition) is 0. The van der Waals surface area contributed by atoms with Gasteiger partial charge in [-0.3, -0.25) is 4.98 Å². The standard InChI is InChI=1S/C12H17NO2/c1-8(2)9(3)10-5-11(7-13-6-10)12(14)15-4/h5-9H,1-4H3. The van der Waals surface area contributed by atoms with Gasteiger partial charge in [-0.15, -0.1) is 0 Å². The Labute approximate surface area is 90.5 Å². The summed E-state index contributed by atoms with van der Waals surface area (Å²) in [5.41, 5.74) is 1.59. The van der Waals surface area contributed by atoms with Crippen LogP contribution in [0.2, 0.25) is 0 Å². The van der Waals surface area contributed by atoms with E-state index in [4.69, 9.17) is 0 Å². The van der Waals surface area contributed by atoms with Crippen LogP contribution in [0.15, 0.2) is 18.5 Å². The molecule has 3 heteroatoms. The third-order valence-electron chi connectivity index (χ3n) is 2.71. The maximum absolute atomic E-state index is 11.3. The molecule has 0 amide bonds. The molecule has 0 radical (unpaired) electrons. The molecule has 1 unspecified atom stereocenters. The second-order valence-corrected chi connectivity index (χ2v) is 4.03. The quantitative estimate of drug-likeness (QED) is 0.715. The fourth-order valence-electron chi connectivity index (χ4n) is 1.32. The van der Waals surface area contributed by atoms with Crippen molar-refractivity contribution >= 4 is 5.97 Å². The zero-order valence-electron chi connectivity index (χ0n) is 9.65. The Balaban J connectivity index is 2.97. The van der Waals surface area contributed by atoms with Crippen LogP contribution in [-0.4, -0.2) is 18.1 Å². The van der Waals surface area contributed by atoms with Crippen LogP contribution in [-0.2, 0) is 4.74 Å². The first kappa shape index (κ1) is 11.7. The van der Waals surface area contributed by atoms with E-state index in [-0.39, 0.29) is 5.97 Å². The first-order valence-electron chi connectivity index (χ1n) is 5.09. The van der Waals surface area contributed by atoms with Crippen molar-refractivity contribution in [1.82, 2.24) is 4.98 Å². The molecule has 1 aromatic rings. The van der Waals surface area contributed by atoms with Crippen molar-refractivity contribution in [3.8, 4) is 0 Å². The third-order valence-corrected chi connectivity index (χ3v) is 2.71. The van der Waals surface area contributed by atoms with Crippen LogP contribution < -0.4 is 0 Å². The SMILES string of the molecule is COC(=O)c1cncc(C(C)C(C)C)c1. The van der Waals surface area contributed by atoms with Gasteiger partial charge in [0.2, 0.25) is 0 Å². The molecule has 0 aliphatic rings. The summed E-state index contributed by atoms with van der Waals surface area (Å²) in [5.74, 6) is 0.585. The molecule has 0 fully saturated rings. The molecule has 3 nitrogen and oxygen atoms in total. The number of nitrogens with zero attached hydrogens (tertiary/aromatic N) is 1. The summed E-state index contributed by atoms with van der Waals surface area (Å²) in [7, 11) is 1.38. The average Bonchev–Trinajstić information content (AvgIpc) is 2.27. The summed E-state index contributed by atoms with van der Waals surface area (Å²) in [5, 5.41) is 0. The van der Waals surface area contributed by atoms with E-state index in [2.05, 4.69) is 30.5 Å². The molecule has 0 saturated carbocycles. The number of rotatable bonds is 3. The second-order valence-electron chi connectivity index (χ2n) is 4.03. The highest BCUT2D eigenvalue weighted by atomic mass is 16.5. The lowest BCUT2D eigenvalue weighted by atomic mass is 9.91. The summed E-state index contributed by atoms with van der Waals surface area (Å²) < 4.78 is 4.65. The number of pyridine rings is 1. The van der Waals surface area contributed by atoms with Crippen LogP contribution in [0.5, 0.6) is 0 Å². The smallest absolute Gasteiger partial charge is 0.339 e. The van der Waals surface area contributed by atoms with Crippen LogP contribution in [0.25, 0.3) is 0 Å². The van der Waals surface area contributed by atoms with Crippen molar-refractivity contribution in [2.24, 2.45) is 5.92 Å². The Morgan fingerprint density at radius 3 is 2.53 bits per heavy atom. The molecule has 0 saturated heterocycles. The zero-order chi connectivity index (χ0) is 11.4. The zero-order valence-corrected chi connectivity index (χ0v) is 9.65. The number of carbonyl (C=O) groups excluding carboxylic acids is 1. The summed E-state index contributed by atoms with van der Waals surface area (Å²) >= 11 is 0. The molecule has 82 valence electrons. The van der Waals surface area contributed by atoms with Crippen molar-refractivity contribution in [3.05, 3.63) is 29.6 Å². The predicted molar refractivity (Wildman–Crippen MR) is 58.8 cm³/mol. The van der Waals surface area contributed by atoms with E-state index in [9.17, 15) is 4.79 Å². The van der Waals surface area contributed by atoms with E-state index < -0.39 is 0 Å². The van der Waals surface area contributed by atoms with Crippen molar-refractivity contribution < 1.29 is 9.53 Å². The van der Waals surface area contributed by atoms with Gasteiger partial charge in [-0.2, -0.15) is 0 Å². The minimum absolute atomic E-state index is 0.333. The molecule has 0 spiro atoms. The van der Waals surface area contributed by atoms with Crippen LogP contribution in [0.3, 0.4) is 0 Å². The van der Waals surface area contributed by atoms with Gasteiger partial charge in [0.05, 0.1) is 12.7 Å². The normalized spacial score (nSPS) is 12.6. The highest BCUT2D eigenvalue weighted by Gasteiger charge is 2.13. The minimum atomic E-state index is -0.333. The van der Waals surface area contributed by atoms with Crippen LogP contribution in [0, 0.1) is 5.92 Å². The van der Waals surface area contributed by atoms with Crippen molar-refractivity contribution in [2.75, 3.05) is 7.11 Å². The van der Waals surface area contributed by atoms with Crippen LogP contribution in [0.4, 0.5) is 0 Å². The number of carbonyl (C=O) groups is 1. The van der Waals surface area contributed by atoms with E-state index in [1.807, 2.05) is 6.07 Å². The molecule has 1 heterocycles. The van der Waals surface area contributed by atoms with Gasteiger partial charge in [0.25, 0.3) is 0 Å². The number of hydrogen-bond acceptors (Lipinski definition) is 3. The molecule has 0 bridgehead atoms. The number of ether oxygens (including phenoxy) is 1. The fraction of sp³-hybridized carbons (Fsp3) is 0.500. The van der Waals surface area contributed by atoms with Gasteiger partial charge in [0.15, 0.2) is 0 Å². The van der Waals surface area contributed by atoms with Gasteiger partial charge in [-0.05, 0) is 23.5 Å². The monoisotopic (exact) mass is 207 g/mol. The maximum Gasteiger partial charge on any atom is 0.339 e. The van der Waals surface area contributed by atoms with E-state index in [1.54, 1.807) is 6.20 Å². The van der Waals surface area contributed by atoms with Gasteiger partial charge < -0.3 is 4.74 Å². The summed E-state index contributed by atoms with van der Waals surface area (Å²) in [4.78, 5) is 15.4. The van der Waals surface area contributed by atoms with Gasteiger partial charge in [0, 0.05) is 12.4 Å². The summed E-state index contributed by atoms with van der Waals surface area (Å²) in [6.07, 6.45) is 3.33. The number of methoxy groups -OCH3 is 1. The number of aromatic nitrogens is 1. The molecule has 15 heavy (non-hydrogen) atoms. The van der Waals surface area contributed by atoms with Crippen molar-refractivity contribution in [3.63, 3.8) is 0 Å². The first-order valence-corrected chi connectivity index (χ1v) is 5.09. The summed E-state index contributed by atoms with van der Waals surface area (Å²) in [6.45, 7) is 6.42. The molecule has 1 aromatic heterocycles. The van der Waals surface area contributed by atoms with Gasteiger partial charge in [0.1, 0.15) is 0 Å². The van der Waals surface area contributed by atoms with Gasteiger partial charge >= 0.3 is 5.97 Å². The molecule has 0 aliphatic carbocycles. The van der Waals surface area contributed by atoms with E-state index in [0.29, 0.717) is 17.4 Å². The molecule has 1 atom stereocenters. The third kappa shape index (κ3) is 2.78. The van der Waals surface area contributed by atoms with E-state index in [1.165, 1.54) is 13.3 Å². The van der Waals surface area contributed by atoms with Crippen LogP contribution in [0.1, 0.15) is 42.6 Å². The van der Waals surface area contributed by atoms with Gasteiger partial charge in [-0.1, -0.05) is 20.8 Å². The van der Waals surface area contributed by atoms with Crippen molar-refractivity contribution in [1.29, 1.82) is 0 Å². The average molecular weight is 207 g/mol. The molecule has 0 aliphatic heterocycles. The maximum atomic E-state index is 11.3. The first-order chi connectivity index (χ1) is 7.06. The number of esters is 1. The Kier molecular flexibility index (Phi) is 3.83. The fourth-order valence-corrected chi connectivity index (χ4v) is 1.32. The van der Waals surface area contributed by atoms with E-state index >= 15 is 0 Å². The molecular weight excluding hydrogens is 190 g/mol. The second kappa shape index (κ2) is 4.91. The van der Waals surface area contributed by atoms with Crippen LogP contribution >= 0.6 is 0 Å². The Morgan fingerprint density at radius 1 is 1.33 bits per heavy atom. The lowest BCUT2D eigenvalue weighted by Crippen LogP contribution is -2.06. The molecule has 0 N–H and O–H groups in total. The predicted octanol–water partition coefficient (Wildman–Crippen LogP) is 2.63. The molecule has 0 aromatic carbocycles. The Hall–Kier alpha value is -1.38. The Morgan fingerprint density at radius 2 is 2.00 bits per heavy atom. The Bertz CT molecular complexity index is 347. The lowest BCUT2D eigenvalue weighted by molar-refractivity contribution is 0.0600. The highest BCUT2D eigenvalue weighted by molar-refractivity contribution is 5.89.